The molecule has 29 heavy (non-hydrogen) atoms. The van der Waals surface area contributed by atoms with Crippen LogP contribution in [0.1, 0.15) is 11.1 Å². The van der Waals surface area contributed by atoms with Crippen LogP contribution in [0.15, 0.2) is 73.1 Å². The molecular formula is C24H22ClN3O. The molecule has 146 valence electrons. The zero-order valence-electron chi connectivity index (χ0n) is 16.2. The molecule has 0 atom stereocenters. The van der Waals surface area contributed by atoms with E-state index in [4.69, 9.17) is 21.3 Å². The number of nitrogens with zero attached hydrogens (tertiary/aromatic N) is 2. The lowest BCUT2D eigenvalue weighted by Gasteiger charge is -2.13. The molecule has 2 aromatic carbocycles. The average molecular weight is 404 g/mol. The van der Waals surface area contributed by atoms with Gasteiger partial charge in [-0.2, -0.15) is 0 Å². The number of hydrogen-bond donors (Lipinski definition) is 1. The maximum atomic E-state index is 5.96. The summed E-state index contributed by atoms with van der Waals surface area (Å²) in [6, 6.07) is 20.2. The van der Waals surface area contributed by atoms with E-state index < -0.39 is 0 Å². The Labute approximate surface area is 175 Å². The summed E-state index contributed by atoms with van der Waals surface area (Å²) in [6.45, 7) is 1.61. The number of fused-ring (bicyclic) bond motifs is 1. The number of nitrogens with one attached hydrogen (secondary N) is 1. The highest BCUT2D eigenvalue weighted by molar-refractivity contribution is 6.30. The van der Waals surface area contributed by atoms with Gasteiger partial charge in [0.2, 0.25) is 0 Å². The van der Waals surface area contributed by atoms with E-state index in [1.165, 1.54) is 5.56 Å². The summed E-state index contributed by atoms with van der Waals surface area (Å²) < 4.78 is 5.36. The molecule has 0 unspecified atom stereocenters. The van der Waals surface area contributed by atoms with E-state index in [0.717, 1.165) is 58.0 Å². The molecule has 4 rings (SSSR count). The minimum Gasteiger partial charge on any atom is -0.497 e. The predicted molar refractivity (Wildman–Crippen MR) is 118 cm³/mol. The van der Waals surface area contributed by atoms with Crippen molar-refractivity contribution in [1.82, 2.24) is 15.3 Å². The Bertz CT molecular complexity index is 1100. The smallest absolute Gasteiger partial charge is 0.121 e. The average Bonchev–Trinajstić information content (AvgIpc) is 2.77. The minimum atomic E-state index is 0.736. The minimum absolute atomic E-state index is 0.736. The second-order valence-corrected chi connectivity index (χ2v) is 7.28. The first-order chi connectivity index (χ1) is 14.2. The number of rotatable bonds is 7. The lowest BCUT2D eigenvalue weighted by atomic mass is 10.0. The Balaban J connectivity index is 1.57. The fourth-order valence-electron chi connectivity index (χ4n) is 3.32. The van der Waals surface area contributed by atoms with Crippen LogP contribution in [-0.2, 0) is 13.0 Å². The van der Waals surface area contributed by atoms with Crippen LogP contribution in [0, 0.1) is 0 Å². The summed E-state index contributed by atoms with van der Waals surface area (Å²) in [6.07, 6.45) is 4.54. The van der Waals surface area contributed by atoms with Crippen LogP contribution in [-0.4, -0.2) is 23.6 Å². The van der Waals surface area contributed by atoms with Gasteiger partial charge in [0.1, 0.15) is 5.75 Å². The van der Waals surface area contributed by atoms with E-state index in [2.05, 4.69) is 34.6 Å². The van der Waals surface area contributed by atoms with Gasteiger partial charge >= 0.3 is 0 Å². The second kappa shape index (κ2) is 9.03. The van der Waals surface area contributed by atoms with Crippen LogP contribution in [0.5, 0.6) is 5.75 Å². The molecule has 0 saturated carbocycles. The zero-order chi connectivity index (χ0) is 20.1. The number of methoxy groups -OCH3 is 1. The van der Waals surface area contributed by atoms with Crippen molar-refractivity contribution in [2.24, 2.45) is 0 Å². The van der Waals surface area contributed by atoms with Crippen LogP contribution >= 0.6 is 11.6 Å². The molecule has 4 aromatic rings. The van der Waals surface area contributed by atoms with E-state index in [1.54, 1.807) is 19.5 Å². The van der Waals surface area contributed by atoms with Crippen molar-refractivity contribution >= 4 is 22.5 Å². The third kappa shape index (κ3) is 4.73. The largest absolute Gasteiger partial charge is 0.497 e. The normalized spacial score (nSPS) is 11.0. The Morgan fingerprint density at radius 3 is 2.52 bits per heavy atom. The van der Waals surface area contributed by atoms with Crippen LogP contribution < -0.4 is 10.1 Å². The van der Waals surface area contributed by atoms with Crippen LogP contribution in [0.4, 0.5) is 0 Å². The van der Waals surface area contributed by atoms with Crippen LogP contribution in [0.2, 0.25) is 5.02 Å². The zero-order valence-corrected chi connectivity index (χ0v) is 17.0. The standard InChI is InChI=1S/C24H22ClN3O/c1-29-22-7-4-19-14-20(16-27-11-8-17-2-5-21(25)6-3-17)24(28-23(19)15-22)18-9-12-26-13-10-18/h2-7,9-10,12-15,27H,8,11,16H2,1H3. The Morgan fingerprint density at radius 2 is 1.76 bits per heavy atom. The molecular weight excluding hydrogens is 382 g/mol. The topological polar surface area (TPSA) is 47.0 Å². The van der Waals surface area contributed by atoms with Gasteiger partial charge in [0.05, 0.1) is 18.3 Å². The SMILES string of the molecule is COc1ccc2cc(CNCCc3ccc(Cl)cc3)c(-c3ccncc3)nc2c1. The first-order valence-electron chi connectivity index (χ1n) is 9.56. The summed E-state index contributed by atoms with van der Waals surface area (Å²) >= 11 is 5.96. The molecule has 0 radical (unpaired) electrons. The van der Waals surface area contributed by atoms with E-state index >= 15 is 0 Å². The van der Waals surface area contributed by atoms with Gasteiger partial charge in [-0.3, -0.25) is 4.98 Å². The van der Waals surface area contributed by atoms with E-state index in [9.17, 15) is 0 Å². The molecule has 0 saturated heterocycles. The van der Waals surface area contributed by atoms with Gasteiger partial charge in [-0.1, -0.05) is 23.7 Å². The Kier molecular flexibility index (Phi) is 6.03. The summed E-state index contributed by atoms with van der Waals surface area (Å²) in [5.74, 6) is 0.805. The molecule has 0 spiro atoms. The number of aromatic nitrogens is 2. The van der Waals surface area contributed by atoms with Crippen molar-refractivity contribution in [3.05, 3.63) is 89.2 Å². The number of ether oxygens (including phenoxy) is 1. The molecule has 2 heterocycles. The summed E-state index contributed by atoms with van der Waals surface area (Å²) in [4.78, 5) is 9.07. The first kappa shape index (κ1) is 19.4. The molecule has 0 aliphatic heterocycles. The molecule has 5 heteroatoms. The van der Waals surface area contributed by atoms with Crippen molar-refractivity contribution in [2.75, 3.05) is 13.7 Å². The Hall–Kier alpha value is -2.95. The van der Waals surface area contributed by atoms with Crippen molar-refractivity contribution in [3.63, 3.8) is 0 Å². The van der Waals surface area contributed by atoms with Crippen molar-refractivity contribution in [3.8, 4) is 17.0 Å². The molecule has 0 aliphatic carbocycles. The van der Waals surface area contributed by atoms with E-state index in [0.29, 0.717) is 0 Å². The number of halogens is 1. The molecule has 4 nitrogen and oxygen atoms in total. The van der Waals surface area contributed by atoms with Gasteiger partial charge < -0.3 is 10.1 Å². The van der Waals surface area contributed by atoms with Crippen LogP contribution in [0.25, 0.3) is 22.2 Å². The summed E-state index contributed by atoms with van der Waals surface area (Å²) in [7, 11) is 1.67. The van der Waals surface area contributed by atoms with Crippen molar-refractivity contribution < 1.29 is 4.74 Å². The highest BCUT2D eigenvalue weighted by Crippen LogP contribution is 2.27. The molecule has 0 bridgehead atoms. The molecule has 0 amide bonds. The third-order valence-electron chi connectivity index (χ3n) is 4.88. The van der Waals surface area contributed by atoms with Gasteiger partial charge in [-0.15, -0.1) is 0 Å². The van der Waals surface area contributed by atoms with E-state index in [-0.39, 0.29) is 0 Å². The highest BCUT2D eigenvalue weighted by atomic mass is 35.5. The molecule has 1 N–H and O–H groups in total. The van der Waals surface area contributed by atoms with Crippen molar-refractivity contribution in [1.29, 1.82) is 0 Å². The van der Waals surface area contributed by atoms with E-state index in [1.807, 2.05) is 36.4 Å². The summed E-state index contributed by atoms with van der Waals surface area (Å²) in [5.41, 5.74) is 5.36. The number of benzene rings is 2. The molecule has 2 aromatic heterocycles. The first-order valence-corrected chi connectivity index (χ1v) is 9.94. The molecule has 0 fully saturated rings. The third-order valence-corrected chi connectivity index (χ3v) is 5.13. The second-order valence-electron chi connectivity index (χ2n) is 6.84. The summed E-state index contributed by atoms with van der Waals surface area (Å²) in [5, 5.41) is 5.41. The predicted octanol–water partition coefficient (Wildman–Crippen LogP) is 5.29. The van der Waals surface area contributed by atoms with Crippen LogP contribution in [0.3, 0.4) is 0 Å². The number of hydrogen-bond acceptors (Lipinski definition) is 4. The fourth-order valence-corrected chi connectivity index (χ4v) is 3.44. The molecule has 0 aliphatic rings. The lowest BCUT2D eigenvalue weighted by Crippen LogP contribution is -2.17. The van der Waals surface area contributed by atoms with Gasteiger partial charge in [0, 0.05) is 41.0 Å². The van der Waals surface area contributed by atoms with Crippen molar-refractivity contribution in [2.45, 2.75) is 13.0 Å². The quantitative estimate of drug-likeness (QED) is 0.426. The lowest BCUT2D eigenvalue weighted by molar-refractivity contribution is 0.415. The fraction of sp³-hybridized carbons (Fsp3) is 0.167. The van der Waals surface area contributed by atoms with Gasteiger partial charge in [-0.25, -0.2) is 4.98 Å². The van der Waals surface area contributed by atoms with Gasteiger partial charge in [0.15, 0.2) is 0 Å². The highest BCUT2D eigenvalue weighted by Gasteiger charge is 2.10. The maximum absolute atomic E-state index is 5.96. The van der Waals surface area contributed by atoms with Gasteiger partial charge in [0.25, 0.3) is 0 Å². The monoisotopic (exact) mass is 403 g/mol. The Morgan fingerprint density at radius 1 is 0.966 bits per heavy atom. The maximum Gasteiger partial charge on any atom is 0.121 e. The number of pyridine rings is 2. The van der Waals surface area contributed by atoms with Gasteiger partial charge in [-0.05, 0) is 66.6 Å².